The van der Waals surface area contributed by atoms with Crippen molar-refractivity contribution in [3.8, 4) is 0 Å². The predicted octanol–water partition coefficient (Wildman–Crippen LogP) is 1.84. The van der Waals surface area contributed by atoms with Crippen LogP contribution in [-0.2, 0) is 0 Å². The Bertz CT molecular complexity index is 735. The summed E-state index contributed by atoms with van der Waals surface area (Å²) >= 11 is 0. The maximum Gasteiger partial charge on any atom is 0.272 e. The number of carbonyl (C=O) groups excluding carboxylic acids is 1. The number of aromatic amines is 1. The van der Waals surface area contributed by atoms with Crippen LogP contribution in [0.3, 0.4) is 0 Å². The number of nitrogens with one attached hydrogen (secondary N) is 2. The number of benzene rings is 1. The monoisotopic (exact) mass is 317 g/mol. The molecule has 2 rings (SSSR count). The molecule has 0 bridgehead atoms. The molecule has 6 nitrogen and oxygen atoms in total. The third kappa shape index (κ3) is 3.59. The van der Waals surface area contributed by atoms with Gasteiger partial charge >= 0.3 is 0 Å². The number of aromatic nitrogens is 2. The molecule has 0 saturated carbocycles. The van der Waals surface area contributed by atoms with Gasteiger partial charge in [-0.15, -0.1) is 0 Å². The van der Waals surface area contributed by atoms with Crippen molar-refractivity contribution in [3.63, 3.8) is 0 Å². The van der Waals surface area contributed by atoms with E-state index < -0.39 is 0 Å². The summed E-state index contributed by atoms with van der Waals surface area (Å²) in [6.45, 7) is 4.67. The van der Waals surface area contributed by atoms with Crippen molar-refractivity contribution in [1.82, 2.24) is 15.5 Å². The van der Waals surface area contributed by atoms with Gasteiger partial charge in [-0.3, -0.25) is 9.59 Å². The van der Waals surface area contributed by atoms with E-state index in [-0.39, 0.29) is 29.2 Å². The lowest BCUT2D eigenvalue weighted by Gasteiger charge is -2.31. The Labute approximate surface area is 134 Å². The summed E-state index contributed by atoms with van der Waals surface area (Å²) in [7, 11) is 0. The number of aliphatic hydroxyl groups is 1. The summed E-state index contributed by atoms with van der Waals surface area (Å²) in [4.78, 5) is 24.3. The molecule has 0 aliphatic carbocycles. The first-order valence-electron chi connectivity index (χ1n) is 7.93. The van der Waals surface area contributed by atoms with Gasteiger partial charge in [0, 0.05) is 18.5 Å². The molecule has 1 aromatic carbocycles. The van der Waals surface area contributed by atoms with Gasteiger partial charge in [0.05, 0.1) is 5.39 Å². The number of nitrogens with zero attached hydrogens (tertiary/aromatic N) is 1. The maximum absolute atomic E-state index is 12.5. The fourth-order valence-electron chi connectivity index (χ4n) is 2.82. The Balaban J connectivity index is 2.25. The standard InChI is InChI=1S/C17H23N3O3/c1-3-17(4-2,9-10-21)11-18-16(23)14-12-7-5-6-8-13(12)15(22)20-19-14/h5-8,21H,3-4,9-11H2,1-2H3,(H,18,23)(H,20,22). The topological polar surface area (TPSA) is 95.1 Å². The highest BCUT2D eigenvalue weighted by Gasteiger charge is 2.27. The first-order valence-corrected chi connectivity index (χ1v) is 7.93. The Morgan fingerprint density at radius 1 is 1.26 bits per heavy atom. The molecule has 0 atom stereocenters. The molecule has 0 aliphatic heterocycles. The van der Waals surface area contributed by atoms with Gasteiger partial charge in [0.1, 0.15) is 0 Å². The van der Waals surface area contributed by atoms with E-state index in [0.29, 0.717) is 23.7 Å². The van der Waals surface area contributed by atoms with Crippen LogP contribution in [0.4, 0.5) is 0 Å². The molecule has 0 radical (unpaired) electrons. The number of amides is 1. The summed E-state index contributed by atoms with van der Waals surface area (Å²) in [5.74, 6) is -0.318. The molecule has 23 heavy (non-hydrogen) atoms. The lowest BCUT2D eigenvalue weighted by molar-refractivity contribution is 0.0903. The van der Waals surface area contributed by atoms with Gasteiger partial charge in [0.2, 0.25) is 0 Å². The number of hydrogen-bond donors (Lipinski definition) is 3. The van der Waals surface area contributed by atoms with E-state index >= 15 is 0 Å². The third-order valence-corrected chi connectivity index (χ3v) is 4.68. The molecule has 0 fully saturated rings. The smallest absolute Gasteiger partial charge is 0.272 e. The van der Waals surface area contributed by atoms with Crippen LogP contribution < -0.4 is 10.9 Å². The van der Waals surface area contributed by atoms with Crippen molar-refractivity contribution in [2.24, 2.45) is 5.41 Å². The van der Waals surface area contributed by atoms with Crippen molar-refractivity contribution in [2.75, 3.05) is 13.2 Å². The summed E-state index contributed by atoms with van der Waals surface area (Å²) in [6.07, 6.45) is 2.37. The predicted molar refractivity (Wildman–Crippen MR) is 89.4 cm³/mol. The average Bonchev–Trinajstić information content (AvgIpc) is 2.59. The van der Waals surface area contributed by atoms with Gasteiger partial charge in [-0.05, 0) is 30.7 Å². The minimum Gasteiger partial charge on any atom is -0.396 e. The van der Waals surface area contributed by atoms with Crippen LogP contribution in [0.5, 0.6) is 0 Å². The zero-order chi connectivity index (χ0) is 16.9. The van der Waals surface area contributed by atoms with Gasteiger partial charge in [-0.1, -0.05) is 32.0 Å². The van der Waals surface area contributed by atoms with Crippen LogP contribution in [0.2, 0.25) is 0 Å². The highest BCUT2D eigenvalue weighted by molar-refractivity contribution is 6.04. The normalized spacial score (nSPS) is 11.6. The Hall–Kier alpha value is -2.21. The molecule has 1 amide bonds. The van der Waals surface area contributed by atoms with E-state index in [1.54, 1.807) is 24.3 Å². The molecule has 0 saturated heterocycles. The fourth-order valence-corrected chi connectivity index (χ4v) is 2.82. The Kier molecular flexibility index (Phi) is 5.50. The highest BCUT2D eigenvalue weighted by Crippen LogP contribution is 2.29. The minimum absolute atomic E-state index is 0.0946. The lowest BCUT2D eigenvalue weighted by atomic mass is 9.79. The zero-order valence-corrected chi connectivity index (χ0v) is 13.6. The van der Waals surface area contributed by atoms with Crippen LogP contribution >= 0.6 is 0 Å². The number of H-pyrrole nitrogens is 1. The second kappa shape index (κ2) is 7.37. The largest absolute Gasteiger partial charge is 0.396 e. The first kappa shape index (κ1) is 17.1. The van der Waals surface area contributed by atoms with E-state index in [2.05, 4.69) is 29.4 Å². The second-order valence-corrected chi connectivity index (χ2v) is 5.81. The van der Waals surface area contributed by atoms with Gasteiger partial charge < -0.3 is 10.4 Å². The average molecular weight is 317 g/mol. The summed E-state index contributed by atoms with van der Waals surface area (Å²) < 4.78 is 0. The van der Waals surface area contributed by atoms with E-state index in [9.17, 15) is 14.7 Å². The Morgan fingerprint density at radius 2 is 1.91 bits per heavy atom. The minimum atomic E-state index is -0.318. The van der Waals surface area contributed by atoms with Crippen LogP contribution in [-0.4, -0.2) is 34.4 Å². The van der Waals surface area contributed by atoms with E-state index in [4.69, 9.17) is 0 Å². The molecule has 1 aromatic heterocycles. The van der Waals surface area contributed by atoms with Crippen molar-refractivity contribution >= 4 is 16.7 Å². The molecule has 0 unspecified atom stereocenters. The van der Waals surface area contributed by atoms with E-state index in [0.717, 1.165) is 12.8 Å². The van der Waals surface area contributed by atoms with Gasteiger partial charge in [0.25, 0.3) is 11.5 Å². The van der Waals surface area contributed by atoms with Crippen molar-refractivity contribution < 1.29 is 9.90 Å². The molecular formula is C17H23N3O3. The molecular weight excluding hydrogens is 294 g/mol. The van der Waals surface area contributed by atoms with Crippen LogP contribution in [0.25, 0.3) is 10.8 Å². The number of rotatable bonds is 7. The molecule has 124 valence electrons. The number of carbonyl (C=O) groups is 1. The quantitative estimate of drug-likeness (QED) is 0.726. The van der Waals surface area contributed by atoms with E-state index in [1.807, 2.05) is 0 Å². The van der Waals surface area contributed by atoms with Crippen molar-refractivity contribution in [1.29, 1.82) is 0 Å². The molecule has 2 aromatic rings. The Morgan fingerprint density at radius 3 is 2.52 bits per heavy atom. The summed E-state index contributed by atoms with van der Waals surface area (Å²) in [5, 5.41) is 19.4. The van der Waals surface area contributed by atoms with Gasteiger partial charge in [0.15, 0.2) is 5.69 Å². The van der Waals surface area contributed by atoms with Crippen LogP contribution in [0.15, 0.2) is 29.1 Å². The van der Waals surface area contributed by atoms with Crippen molar-refractivity contribution in [3.05, 3.63) is 40.3 Å². The van der Waals surface area contributed by atoms with Crippen LogP contribution in [0, 0.1) is 5.41 Å². The van der Waals surface area contributed by atoms with Gasteiger partial charge in [-0.2, -0.15) is 5.10 Å². The van der Waals surface area contributed by atoms with Gasteiger partial charge in [-0.25, -0.2) is 5.10 Å². The summed E-state index contributed by atoms with van der Waals surface area (Å²) in [5.41, 5.74) is -0.221. The van der Waals surface area contributed by atoms with E-state index in [1.165, 1.54) is 0 Å². The maximum atomic E-state index is 12.5. The molecule has 0 spiro atoms. The third-order valence-electron chi connectivity index (χ3n) is 4.68. The van der Waals surface area contributed by atoms with Crippen LogP contribution in [0.1, 0.15) is 43.6 Å². The number of aliphatic hydroxyl groups excluding tert-OH is 1. The number of fused-ring (bicyclic) bond motifs is 1. The molecule has 3 N–H and O–H groups in total. The summed E-state index contributed by atoms with van der Waals surface area (Å²) in [6, 6.07) is 6.90. The first-order chi connectivity index (χ1) is 11.1. The molecule has 1 heterocycles. The lowest BCUT2D eigenvalue weighted by Crippen LogP contribution is -2.38. The number of hydrogen-bond acceptors (Lipinski definition) is 4. The highest BCUT2D eigenvalue weighted by atomic mass is 16.3. The molecule has 0 aliphatic rings. The fraction of sp³-hybridized carbons (Fsp3) is 0.471. The SMILES string of the molecule is CCC(CC)(CCO)CNC(=O)c1n[nH]c(=O)c2ccccc12. The second-order valence-electron chi connectivity index (χ2n) is 5.81. The molecule has 6 heteroatoms. The zero-order valence-electron chi connectivity index (χ0n) is 13.6. The van der Waals surface area contributed by atoms with Crippen molar-refractivity contribution in [2.45, 2.75) is 33.1 Å².